The third-order valence-corrected chi connectivity index (χ3v) is 3.90. The summed E-state index contributed by atoms with van der Waals surface area (Å²) in [5, 5.41) is 6.89. The molecular formula is C16H34N4. The zero-order valence-corrected chi connectivity index (χ0v) is 13.9. The van der Waals surface area contributed by atoms with Gasteiger partial charge in [0.15, 0.2) is 5.96 Å². The molecule has 1 saturated heterocycles. The van der Waals surface area contributed by atoms with E-state index in [2.05, 4.69) is 41.3 Å². The van der Waals surface area contributed by atoms with E-state index in [1.807, 2.05) is 7.05 Å². The number of rotatable bonds is 8. The van der Waals surface area contributed by atoms with Crippen LogP contribution in [0.4, 0.5) is 0 Å². The van der Waals surface area contributed by atoms with Gasteiger partial charge in [-0.1, -0.05) is 33.6 Å². The summed E-state index contributed by atoms with van der Waals surface area (Å²) in [5.74, 6) is 1.71. The second kappa shape index (κ2) is 10.0. The average Bonchev–Trinajstić information content (AvgIpc) is 2.84. The maximum atomic E-state index is 4.31. The van der Waals surface area contributed by atoms with Crippen LogP contribution >= 0.6 is 0 Å². The molecule has 0 unspecified atom stereocenters. The molecule has 0 aromatic carbocycles. The van der Waals surface area contributed by atoms with Crippen molar-refractivity contribution in [3.05, 3.63) is 0 Å². The van der Waals surface area contributed by atoms with Crippen LogP contribution in [0.3, 0.4) is 0 Å². The first-order valence-corrected chi connectivity index (χ1v) is 8.36. The van der Waals surface area contributed by atoms with E-state index in [1.165, 1.54) is 45.2 Å². The third-order valence-electron chi connectivity index (χ3n) is 3.90. The largest absolute Gasteiger partial charge is 0.356 e. The van der Waals surface area contributed by atoms with Gasteiger partial charge in [0.2, 0.25) is 0 Å². The summed E-state index contributed by atoms with van der Waals surface area (Å²) in [6, 6.07) is 0.673. The Morgan fingerprint density at radius 1 is 1.30 bits per heavy atom. The van der Waals surface area contributed by atoms with Crippen LogP contribution in [0.5, 0.6) is 0 Å². The Morgan fingerprint density at radius 2 is 2.10 bits per heavy atom. The second-order valence-electron chi connectivity index (χ2n) is 6.27. The van der Waals surface area contributed by atoms with Gasteiger partial charge in [-0.25, -0.2) is 0 Å². The van der Waals surface area contributed by atoms with Crippen LogP contribution in [0.25, 0.3) is 0 Å². The Labute approximate surface area is 125 Å². The summed E-state index contributed by atoms with van der Waals surface area (Å²) in [4.78, 5) is 6.94. The van der Waals surface area contributed by atoms with Gasteiger partial charge in [0.1, 0.15) is 0 Å². The number of guanidine groups is 1. The van der Waals surface area contributed by atoms with Crippen molar-refractivity contribution in [3.8, 4) is 0 Å². The van der Waals surface area contributed by atoms with Crippen LogP contribution in [-0.4, -0.2) is 50.1 Å². The van der Waals surface area contributed by atoms with Gasteiger partial charge in [0.05, 0.1) is 0 Å². The molecule has 20 heavy (non-hydrogen) atoms. The SMILES string of the molecule is CCCCCNC(=NC)NC[C@H]1CCCN1CC(C)C. The van der Waals surface area contributed by atoms with Gasteiger partial charge < -0.3 is 10.6 Å². The fourth-order valence-electron chi connectivity index (χ4n) is 2.85. The monoisotopic (exact) mass is 282 g/mol. The summed E-state index contributed by atoms with van der Waals surface area (Å²) in [7, 11) is 1.86. The van der Waals surface area contributed by atoms with Crippen molar-refractivity contribution in [2.45, 2.75) is 58.9 Å². The molecule has 0 amide bonds. The topological polar surface area (TPSA) is 39.7 Å². The van der Waals surface area contributed by atoms with Gasteiger partial charge in [-0.15, -0.1) is 0 Å². The first-order chi connectivity index (χ1) is 9.67. The van der Waals surface area contributed by atoms with Gasteiger partial charge in [0, 0.05) is 32.7 Å². The summed E-state index contributed by atoms with van der Waals surface area (Å²) >= 11 is 0. The number of likely N-dealkylation sites (tertiary alicyclic amines) is 1. The zero-order chi connectivity index (χ0) is 14.8. The highest BCUT2D eigenvalue weighted by atomic mass is 15.2. The van der Waals surface area contributed by atoms with E-state index >= 15 is 0 Å². The van der Waals surface area contributed by atoms with Crippen molar-refractivity contribution in [1.82, 2.24) is 15.5 Å². The van der Waals surface area contributed by atoms with E-state index in [0.29, 0.717) is 6.04 Å². The molecule has 4 nitrogen and oxygen atoms in total. The van der Waals surface area contributed by atoms with Gasteiger partial charge in [-0.2, -0.15) is 0 Å². The minimum absolute atomic E-state index is 0.673. The highest BCUT2D eigenvalue weighted by molar-refractivity contribution is 5.79. The van der Waals surface area contributed by atoms with Gasteiger partial charge in [-0.05, 0) is 31.7 Å². The van der Waals surface area contributed by atoms with Gasteiger partial charge in [-0.3, -0.25) is 9.89 Å². The predicted octanol–water partition coefficient (Wildman–Crippen LogP) is 2.46. The fourth-order valence-corrected chi connectivity index (χ4v) is 2.85. The maximum Gasteiger partial charge on any atom is 0.191 e. The molecule has 0 bridgehead atoms. The molecule has 1 aliphatic heterocycles. The minimum Gasteiger partial charge on any atom is -0.356 e. The summed E-state index contributed by atoms with van der Waals surface area (Å²) in [5.41, 5.74) is 0. The molecule has 0 aromatic heterocycles. The van der Waals surface area contributed by atoms with Gasteiger partial charge in [0.25, 0.3) is 0 Å². The number of hydrogen-bond donors (Lipinski definition) is 2. The Bertz CT molecular complexity index is 276. The lowest BCUT2D eigenvalue weighted by Gasteiger charge is -2.27. The smallest absolute Gasteiger partial charge is 0.191 e. The molecule has 0 saturated carbocycles. The van der Waals surface area contributed by atoms with E-state index in [-0.39, 0.29) is 0 Å². The number of hydrogen-bond acceptors (Lipinski definition) is 2. The van der Waals surface area contributed by atoms with E-state index < -0.39 is 0 Å². The van der Waals surface area contributed by atoms with E-state index in [4.69, 9.17) is 0 Å². The Kier molecular flexibility index (Phi) is 8.67. The molecule has 0 aromatic rings. The number of nitrogens with one attached hydrogen (secondary N) is 2. The maximum absolute atomic E-state index is 4.31. The van der Waals surface area contributed by atoms with Crippen LogP contribution in [0.15, 0.2) is 4.99 Å². The summed E-state index contributed by atoms with van der Waals surface area (Å²) < 4.78 is 0. The van der Waals surface area contributed by atoms with Crippen molar-refractivity contribution >= 4 is 5.96 Å². The molecule has 0 spiro atoms. The molecule has 4 heteroatoms. The molecule has 1 heterocycles. The molecule has 1 rings (SSSR count). The van der Waals surface area contributed by atoms with Crippen molar-refractivity contribution in [2.24, 2.45) is 10.9 Å². The Hall–Kier alpha value is -0.770. The quantitative estimate of drug-likeness (QED) is 0.408. The fraction of sp³-hybridized carbons (Fsp3) is 0.938. The van der Waals surface area contributed by atoms with Crippen molar-refractivity contribution in [2.75, 3.05) is 33.2 Å². The molecule has 0 radical (unpaired) electrons. The highest BCUT2D eigenvalue weighted by Gasteiger charge is 2.24. The lowest BCUT2D eigenvalue weighted by molar-refractivity contribution is 0.226. The van der Waals surface area contributed by atoms with Crippen LogP contribution in [-0.2, 0) is 0 Å². The molecular weight excluding hydrogens is 248 g/mol. The van der Waals surface area contributed by atoms with Crippen LogP contribution in [0.2, 0.25) is 0 Å². The van der Waals surface area contributed by atoms with Crippen LogP contribution in [0.1, 0.15) is 52.9 Å². The van der Waals surface area contributed by atoms with E-state index in [9.17, 15) is 0 Å². The number of aliphatic imine (C=N–C) groups is 1. The first-order valence-electron chi connectivity index (χ1n) is 8.36. The average molecular weight is 282 g/mol. The van der Waals surface area contributed by atoms with Crippen molar-refractivity contribution < 1.29 is 0 Å². The minimum atomic E-state index is 0.673. The lowest BCUT2D eigenvalue weighted by atomic mass is 10.1. The molecule has 2 N–H and O–H groups in total. The van der Waals surface area contributed by atoms with Crippen LogP contribution < -0.4 is 10.6 Å². The normalized spacial score (nSPS) is 20.6. The van der Waals surface area contributed by atoms with E-state index in [0.717, 1.165) is 25.0 Å². The second-order valence-corrected chi connectivity index (χ2v) is 6.27. The van der Waals surface area contributed by atoms with Gasteiger partial charge >= 0.3 is 0 Å². The molecule has 118 valence electrons. The van der Waals surface area contributed by atoms with Crippen molar-refractivity contribution in [3.63, 3.8) is 0 Å². The summed E-state index contributed by atoms with van der Waals surface area (Å²) in [6.45, 7) is 11.3. The number of unbranched alkanes of at least 4 members (excludes halogenated alkanes) is 2. The highest BCUT2D eigenvalue weighted by Crippen LogP contribution is 2.17. The molecule has 1 atom stereocenters. The molecule has 1 fully saturated rings. The Morgan fingerprint density at radius 3 is 2.75 bits per heavy atom. The number of nitrogens with zero attached hydrogens (tertiary/aromatic N) is 2. The van der Waals surface area contributed by atoms with Crippen LogP contribution in [0, 0.1) is 5.92 Å². The third kappa shape index (κ3) is 6.60. The van der Waals surface area contributed by atoms with E-state index in [1.54, 1.807) is 0 Å². The molecule has 1 aliphatic rings. The standard InChI is InChI=1S/C16H34N4/c1-5-6-7-10-18-16(17-4)19-12-15-9-8-11-20(15)13-14(2)3/h14-15H,5-13H2,1-4H3,(H2,17,18,19)/t15-/m1/s1. The summed E-state index contributed by atoms with van der Waals surface area (Å²) in [6.07, 6.45) is 6.42. The first kappa shape index (κ1) is 17.3. The zero-order valence-electron chi connectivity index (χ0n) is 13.9. The van der Waals surface area contributed by atoms with Crippen molar-refractivity contribution in [1.29, 1.82) is 0 Å². The molecule has 0 aliphatic carbocycles. The predicted molar refractivity (Wildman–Crippen MR) is 88.3 cm³/mol. The lowest BCUT2D eigenvalue weighted by Crippen LogP contribution is -2.45. The Balaban J connectivity index is 2.25.